The van der Waals surface area contributed by atoms with Crippen LogP contribution in [0.3, 0.4) is 0 Å². The van der Waals surface area contributed by atoms with Gasteiger partial charge in [-0.25, -0.2) is 0 Å². The minimum Gasteiger partial charge on any atom is -0.497 e. The van der Waals surface area contributed by atoms with Crippen molar-refractivity contribution in [2.24, 2.45) is 0 Å². The number of ether oxygens (including phenoxy) is 1. The Kier molecular flexibility index (Phi) is 4.76. The van der Waals surface area contributed by atoms with Crippen LogP contribution in [-0.4, -0.2) is 32.0 Å². The summed E-state index contributed by atoms with van der Waals surface area (Å²) >= 11 is 0. The SMILES string of the molecule is COc1ccc(NC(=O)C(C#N)=CN(C)C)cc1. The molecule has 0 spiro atoms. The summed E-state index contributed by atoms with van der Waals surface area (Å²) in [5, 5.41) is 11.5. The number of carbonyl (C=O) groups is 1. The summed E-state index contributed by atoms with van der Waals surface area (Å²) in [7, 11) is 5.07. The predicted octanol–water partition coefficient (Wildman–Crippen LogP) is 1.60. The quantitative estimate of drug-likeness (QED) is 0.646. The molecule has 0 saturated carbocycles. The van der Waals surface area contributed by atoms with E-state index in [-0.39, 0.29) is 5.57 Å². The van der Waals surface area contributed by atoms with Crippen LogP contribution in [0.5, 0.6) is 5.75 Å². The monoisotopic (exact) mass is 245 g/mol. The summed E-state index contributed by atoms with van der Waals surface area (Å²) in [5.41, 5.74) is 0.663. The molecule has 5 nitrogen and oxygen atoms in total. The van der Waals surface area contributed by atoms with Gasteiger partial charge in [0.25, 0.3) is 5.91 Å². The van der Waals surface area contributed by atoms with E-state index in [9.17, 15) is 4.79 Å². The Labute approximate surface area is 106 Å². The van der Waals surface area contributed by atoms with Gasteiger partial charge in [0.2, 0.25) is 0 Å². The fourth-order valence-corrected chi connectivity index (χ4v) is 1.27. The molecule has 0 heterocycles. The highest BCUT2D eigenvalue weighted by atomic mass is 16.5. The van der Waals surface area contributed by atoms with E-state index in [0.717, 1.165) is 0 Å². The van der Waals surface area contributed by atoms with Crippen LogP contribution >= 0.6 is 0 Å². The van der Waals surface area contributed by atoms with Gasteiger partial charge in [0.15, 0.2) is 0 Å². The maximum absolute atomic E-state index is 11.8. The van der Waals surface area contributed by atoms with Crippen LogP contribution in [0.1, 0.15) is 0 Å². The van der Waals surface area contributed by atoms with Crippen molar-refractivity contribution in [1.29, 1.82) is 5.26 Å². The molecule has 0 fully saturated rings. The third kappa shape index (κ3) is 3.83. The molecule has 1 rings (SSSR count). The van der Waals surface area contributed by atoms with Crippen molar-refractivity contribution >= 4 is 11.6 Å². The average molecular weight is 245 g/mol. The van der Waals surface area contributed by atoms with Gasteiger partial charge in [-0.15, -0.1) is 0 Å². The first-order chi connectivity index (χ1) is 8.56. The second kappa shape index (κ2) is 6.30. The van der Waals surface area contributed by atoms with Crippen LogP contribution in [-0.2, 0) is 4.79 Å². The second-order valence-electron chi connectivity index (χ2n) is 3.80. The third-order valence-corrected chi connectivity index (χ3v) is 2.10. The molecule has 1 aromatic rings. The predicted molar refractivity (Wildman–Crippen MR) is 69.0 cm³/mol. The van der Waals surface area contributed by atoms with E-state index in [1.54, 1.807) is 50.4 Å². The van der Waals surface area contributed by atoms with E-state index < -0.39 is 5.91 Å². The van der Waals surface area contributed by atoms with Gasteiger partial charge in [0.1, 0.15) is 17.4 Å². The first-order valence-electron chi connectivity index (χ1n) is 5.30. The molecule has 0 saturated heterocycles. The fraction of sp³-hybridized carbons (Fsp3) is 0.231. The molecule has 1 aromatic carbocycles. The van der Waals surface area contributed by atoms with Gasteiger partial charge < -0.3 is 15.0 Å². The molecule has 1 N–H and O–H groups in total. The van der Waals surface area contributed by atoms with Crippen molar-refractivity contribution in [2.45, 2.75) is 0 Å². The van der Waals surface area contributed by atoms with Crippen LogP contribution in [0, 0.1) is 11.3 Å². The van der Waals surface area contributed by atoms with Crippen LogP contribution in [0.4, 0.5) is 5.69 Å². The Morgan fingerprint density at radius 2 is 2.00 bits per heavy atom. The molecule has 18 heavy (non-hydrogen) atoms. The highest BCUT2D eigenvalue weighted by molar-refractivity contribution is 6.06. The zero-order valence-corrected chi connectivity index (χ0v) is 10.6. The number of anilines is 1. The van der Waals surface area contributed by atoms with Crippen LogP contribution in [0.25, 0.3) is 0 Å². The zero-order chi connectivity index (χ0) is 13.5. The number of carbonyl (C=O) groups excluding carboxylic acids is 1. The number of nitriles is 1. The van der Waals surface area contributed by atoms with Crippen molar-refractivity contribution in [1.82, 2.24) is 4.90 Å². The van der Waals surface area contributed by atoms with Gasteiger partial charge in [-0.05, 0) is 24.3 Å². The first kappa shape index (κ1) is 13.6. The maximum Gasteiger partial charge on any atom is 0.267 e. The molecule has 0 aromatic heterocycles. The van der Waals surface area contributed by atoms with Gasteiger partial charge in [-0.1, -0.05) is 0 Å². The van der Waals surface area contributed by atoms with Crippen molar-refractivity contribution in [3.8, 4) is 11.8 Å². The minimum absolute atomic E-state index is 0.0517. The lowest BCUT2D eigenvalue weighted by Gasteiger charge is -2.08. The summed E-state index contributed by atoms with van der Waals surface area (Å²) in [6, 6.07) is 8.75. The Balaban J connectivity index is 2.77. The largest absolute Gasteiger partial charge is 0.497 e. The average Bonchev–Trinajstić information content (AvgIpc) is 2.36. The van der Waals surface area contributed by atoms with E-state index >= 15 is 0 Å². The Morgan fingerprint density at radius 3 is 2.44 bits per heavy atom. The number of amides is 1. The van der Waals surface area contributed by atoms with Crippen molar-refractivity contribution in [3.63, 3.8) is 0 Å². The Bertz CT molecular complexity index is 484. The van der Waals surface area contributed by atoms with Crippen molar-refractivity contribution in [3.05, 3.63) is 36.0 Å². The van der Waals surface area contributed by atoms with Gasteiger partial charge in [0, 0.05) is 26.0 Å². The number of benzene rings is 1. The third-order valence-electron chi connectivity index (χ3n) is 2.10. The molecular formula is C13H15N3O2. The lowest BCUT2D eigenvalue weighted by Crippen LogP contribution is -2.16. The number of hydrogen-bond donors (Lipinski definition) is 1. The Morgan fingerprint density at radius 1 is 1.39 bits per heavy atom. The molecule has 0 bridgehead atoms. The lowest BCUT2D eigenvalue weighted by molar-refractivity contribution is -0.112. The van der Waals surface area contributed by atoms with Crippen LogP contribution < -0.4 is 10.1 Å². The molecule has 0 atom stereocenters. The zero-order valence-electron chi connectivity index (χ0n) is 10.6. The summed E-state index contributed by atoms with van der Waals surface area (Å²) in [4.78, 5) is 13.4. The highest BCUT2D eigenvalue weighted by Crippen LogP contribution is 2.15. The molecule has 0 unspecified atom stereocenters. The molecule has 0 aliphatic heterocycles. The summed E-state index contributed by atoms with van der Waals surface area (Å²) in [5.74, 6) is 0.272. The highest BCUT2D eigenvalue weighted by Gasteiger charge is 2.09. The van der Waals surface area contributed by atoms with Crippen LogP contribution in [0.2, 0.25) is 0 Å². The number of nitrogens with one attached hydrogen (secondary N) is 1. The molecule has 0 aliphatic rings. The molecule has 0 radical (unpaired) electrons. The topological polar surface area (TPSA) is 65.4 Å². The molecule has 94 valence electrons. The summed E-state index contributed by atoms with van der Waals surface area (Å²) in [6.07, 6.45) is 1.47. The fourth-order valence-electron chi connectivity index (χ4n) is 1.27. The van der Waals surface area contributed by atoms with Gasteiger partial charge >= 0.3 is 0 Å². The molecule has 0 aliphatic carbocycles. The second-order valence-corrected chi connectivity index (χ2v) is 3.80. The maximum atomic E-state index is 11.8. The minimum atomic E-state index is -0.434. The summed E-state index contributed by atoms with van der Waals surface area (Å²) < 4.78 is 5.01. The van der Waals surface area contributed by atoms with Gasteiger partial charge in [-0.3, -0.25) is 4.79 Å². The van der Waals surface area contributed by atoms with Crippen molar-refractivity contribution in [2.75, 3.05) is 26.5 Å². The van der Waals surface area contributed by atoms with Crippen molar-refractivity contribution < 1.29 is 9.53 Å². The first-order valence-corrected chi connectivity index (χ1v) is 5.30. The number of nitrogens with zero attached hydrogens (tertiary/aromatic N) is 2. The molecular weight excluding hydrogens is 230 g/mol. The number of hydrogen-bond acceptors (Lipinski definition) is 4. The number of rotatable bonds is 4. The van der Waals surface area contributed by atoms with Gasteiger partial charge in [0.05, 0.1) is 7.11 Å². The standard InChI is InChI=1S/C13H15N3O2/c1-16(2)9-10(8-14)13(17)15-11-4-6-12(18-3)7-5-11/h4-7,9H,1-3H3,(H,15,17). The Hall–Kier alpha value is -2.48. The van der Waals surface area contributed by atoms with E-state index in [4.69, 9.17) is 10.00 Å². The van der Waals surface area contributed by atoms with E-state index in [0.29, 0.717) is 11.4 Å². The number of methoxy groups -OCH3 is 1. The normalized spacial score (nSPS) is 10.4. The molecule has 5 heteroatoms. The van der Waals surface area contributed by atoms with E-state index in [1.807, 2.05) is 6.07 Å². The lowest BCUT2D eigenvalue weighted by atomic mass is 10.2. The smallest absolute Gasteiger partial charge is 0.267 e. The van der Waals surface area contributed by atoms with Gasteiger partial charge in [-0.2, -0.15) is 5.26 Å². The van der Waals surface area contributed by atoms with E-state index in [2.05, 4.69) is 5.32 Å². The molecule has 1 amide bonds. The van der Waals surface area contributed by atoms with Crippen LogP contribution in [0.15, 0.2) is 36.0 Å². The van der Waals surface area contributed by atoms with E-state index in [1.165, 1.54) is 6.20 Å². The summed E-state index contributed by atoms with van der Waals surface area (Å²) in [6.45, 7) is 0.